The fourth-order valence-corrected chi connectivity index (χ4v) is 3.71. The molecule has 0 bridgehead atoms. The van der Waals surface area contributed by atoms with Crippen LogP contribution in [0.3, 0.4) is 0 Å². The molecule has 1 aromatic rings. The standard InChI is InChI=1S/C12H20N2O2S2/c1-10(2)9-14-18(15,16)8-7-17-12-5-3-11(13)4-6-12/h3-6,10,14H,7-9,13H2,1-2H3. The van der Waals surface area contributed by atoms with E-state index in [0.717, 1.165) is 4.90 Å². The summed E-state index contributed by atoms with van der Waals surface area (Å²) in [6.07, 6.45) is 0. The molecule has 0 atom stereocenters. The van der Waals surface area contributed by atoms with Gasteiger partial charge in [-0.05, 0) is 30.2 Å². The topological polar surface area (TPSA) is 72.2 Å². The fourth-order valence-electron chi connectivity index (χ4n) is 1.20. The minimum absolute atomic E-state index is 0.134. The Morgan fingerprint density at radius 3 is 2.44 bits per heavy atom. The number of hydrogen-bond acceptors (Lipinski definition) is 4. The predicted octanol–water partition coefficient (Wildman–Crippen LogP) is 1.94. The maximum Gasteiger partial charge on any atom is 0.212 e. The van der Waals surface area contributed by atoms with Gasteiger partial charge in [0.2, 0.25) is 10.0 Å². The minimum Gasteiger partial charge on any atom is -0.399 e. The third-order valence-corrected chi connectivity index (χ3v) is 4.83. The van der Waals surface area contributed by atoms with E-state index in [4.69, 9.17) is 5.73 Å². The Hall–Kier alpha value is -0.720. The molecule has 0 fully saturated rings. The molecule has 6 heteroatoms. The van der Waals surface area contributed by atoms with E-state index in [1.807, 2.05) is 38.1 Å². The number of thioether (sulfide) groups is 1. The first-order valence-corrected chi connectivity index (χ1v) is 8.48. The molecule has 1 rings (SSSR count). The first-order valence-electron chi connectivity index (χ1n) is 5.85. The van der Waals surface area contributed by atoms with Crippen LogP contribution in [0.4, 0.5) is 5.69 Å². The van der Waals surface area contributed by atoms with Gasteiger partial charge < -0.3 is 5.73 Å². The summed E-state index contributed by atoms with van der Waals surface area (Å²) in [4.78, 5) is 1.03. The Bertz CT molecular complexity index is 455. The summed E-state index contributed by atoms with van der Waals surface area (Å²) in [5.74, 6) is 0.996. The molecule has 0 aromatic heterocycles. The molecule has 18 heavy (non-hydrogen) atoms. The quantitative estimate of drug-likeness (QED) is 0.594. The van der Waals surface area contributed by atoms with E-state index in [0.29, 0.717) is 23.9 Å². The number of sulfonamides is 1. The molecule has 0 aliphatic carbocycles. The van der Waals surface area contributed by atoms with Crippen LogP contribution < -0.4 is 10.5 Å². The molecular formula is C12H20N2O2S2. The summed E-state index contributed by atoms with van der Waals surface area (Å²) in [7, 11) is -3.15. The maximum absolute atomic E-state index is 11.6. The van der Waals surface area contributed by atoms with Gasteiger partial charge in [-0.3, -0.25) is 0 Å². The molecule has 3 N–H and O–H groups in total. The van der Waals surface area contributed by atoms with E-state index in [-0.39, 0.29) is 5.75 Å². The second-order valence-corrected chi connectivity index (χ2v) is 7.57. The van der Waals surface area contributed by atoms with Crippen LogP contribution >= 0.6 is 11.8 Å². The predicted molar refractivity (Wildman–Crippen MR) is 78.2 cm³/mol. The van der Waals surface area contributed by atoms with Gasteiger partial charge in [0, 0.05) is 22.9 Å². The highest BCUT2D eigenvalue weighted by atomic mass is 32.2. The number of nitrogen functional groups attached to an aromatic ring is 1. The lowest BCUT2D eigenvalue weighted by molar-refractivity contribution is 0.561. The third-order valence-electron chi connectivity index (χ3n) is 2.21. The molecule has 4 nitrogen and oxygen atoms in total. The second kappa shape index (κ2) is 7.01. The summed E-state index contributed by atoms with van der Waals surface area (Å²) in [5, 5.41) is 0. The zero-order chi connectivity index (χ0) is 13.6. The lowest BCUT2D eigenvalue weighted by atomic mass is 10.2. The first-order chi connectivity index (χ1) is 8.39. The Kier molecular flexibility index (Phi) is 5.98. The van der Waals surface area contributed by atoms with Gasteiger partial charge in [0.1, 0.15) is 0 Å². The average molecular weight is 288 g/mol. The molecule has 102 valence electrons. The van der Waals surface area contributed by atoms with Crippen molar-refractivity contribution in [2.45, 2.75) is 18.7 Å². The smallest absolute Gasteiger partial charge is 0.212 e. The molecule has 0 saturated carbocycles. The molecular weight excluding hydrogens is 268 g/mol. The van der Waals surface area contributed by atoms with Crippen LogP contribution in [0.5, 0.6) is 0 Å². The van der Waals surface area contributed by atoms with Crippen molar-refractivity contribution in [3.8, 4) is 0 Å². The molecule has 0 aliphatic rings. The number of nitrogens with two attached hydrogens (primary N) is 1. The molecule has 0 heterocycles. The number of nitrogens with one attached hydrogen (secondary N) is 1. The lowest BCUT2D eigenvalue weighted by Gasteiger charge is -2.08. The van der Waals surface area contributed by atoms with Crippen molar-refractivity contribution in [1.82, 2.24) is 4.72 Å². The number of hydrogen-bond donors (Lipinski definition) is 2. The van der Waals surface area contributed by atoms with Crippen molar-refractivity contribution in [2.24, 2.45) is 5.92 Å². The molecule has 0 spiro atoms. The highest BCUT2D eigenvalue weighted by molar-refractivity contribution is 8.00. The Morgan fingerprint density at radius 2 is 1.89 bits per heavy atom. The first kappa shape index (κ1) is 15.3. The summed E-state index contributed by atoms with van der Waals surface area (Å²) >= 11 is 1.52. The maximum atomic E-state index is 11.6. The molecule has 0 saturated heterocycles. The lowest BCUT2D eigenvalue weighted by Crippen LogP contribution is -2.30. The SMILES string of the molecule is CC(C)CNS(=O)(=O)CCSc1ccc(N)cc1. The van der Waals surface area contributed by atoms with Gasteiger partial charge in [-0.2, -0.15) is 0 Å². The Morgan fingerprint density at radius 1 is 1.28 bits per heavy atom. The van der Waals surface area contributed by atoms with Crippen molar-refractivity contribution < 1.29 is 8.42 Å². The van der Waals surface area contributed by atoms with E-state index in [1.165, 1.54) is 11.8 Å². The van der Waals surface area contributed by atoms with Crippen LogP contribution in [0.1, 0.15) is 13.8 Å². The van der Waals surface area contributed by atoms with Crippen LogP contribution in [0.15, 0.2) is 29.2 Å². The molecule has 0 unspecified atom stereocenters. The van der Waals surface area contributed by atoms with Crippen LogP contribution in [-0.2, 0) is 10.0 Å². The summed E-state index contributed by atoms with van der Waals surface area (Å²) in [6, 6.07) is 7.42. The molecule has 1 aromatic carbocycles. The van der Waals surface area contributed by atoms with Crippen LogP contribution in [0.2, 0.25) is 0 Å². The minimum atomic E-state index is -3.15. The normalized spacial score (nSPS) is 11.9. The molecule has 0 aliphatic heterocycles. The summed E-state index contributed by atoms with van der Waals surface area (Å²) in [5.41, 5.74) is 6.29. The number of anilines is 1. The van der Waals surface area contributed by atoms with Crippen molar-refractivity contribution in [2.75, 3.05) is 23.8 Å². The van der Waals surface area contributed by atoms with Gasteiger partial charge in [-0.1, -0.05) is 13.8 Å². The number of rotatable bonds is 7. The van der Waals surface area contributed by atoms with Gasteiger partial charge in [-0.25, -0.2) is 13.1 Å². The van der Waals surface area contributed by atoms with Crippen LogP contribution in [0, 0.1) is 5.92 Å². The van der Waals surface area contributed by atoms with Gasteiger partial charge in [0.25, 0.3) is 0 Å². The molecule has 0 radical (unpaired) electrons. The van der Waals surface area contributed by atoms with Gasteiger partial charge in [-0.15, -0.1) is 11.8 Å². The van der Waals surface area contributed by atoms with Gasteiger partial charge in [0.15, 0.2) is 0 Å². The monoisotopic (exact) mass is 288 g/mol. The number of benzene rings is 1. The largest absolute Gasteiger partial charge is 0.399 e. The highest BCUT2D eigenvalue weighted by Gasteiger charge is 2.10. The Balaban J connectivity index is 2.34. The Labute approximate surface area is 113 Å². The van der Waals surface area contributed by atoms with E-state index in [1.54, 1.807) is 0 Å². The molecule has 0 amide bonds. The van der Waals surface area contributed by atoms with Crippen LogP contribution in [0.25, 0.3) is 0 Å². The summed E-state index contributed by atoms with van der Waals surface area (Å²) < 4.78 is 25.9. The third kappa shape index (κ3) is 6.28. The zero-order valence-electron chi connectivity index (χ0n) is 10.7. The zero-order valence-corrected chi connectivity index (χ0v) is 12.4. The van der Waals surface area contributed by atoms with Crippen LogP contribution in [-0.4, -0.2) is 26.5 Å². The van der Waals surface area contributed by atoms with Crippen molar-refractivity contribution >= 4 is 27.5 Å². The van der Waals surface area contributed by atoms with E-state index < -0.39 is 10.0 Å². The average Bonchev–Trinajstić information content (AvgIpc) is 2.29. The highest BCUT2D eigenvalue weighted by Crippen LogP contribution is 2.19. The van der Waals surface area contributed by atoms with Crippen molar-refractivity contribution in [3.05, 3.63) is 24.3 Å². The van der Waals surface area contributed by atoms with Crippen molar-refractivity contribution in [1.29, 1.82) is 0 Å². The van der Waals surface area contributed by atoms with Gasteiger partial charge >= 0.3 is 0 Å². The van der Waals surface area contributed by atoms with E-state index >= 15 is 0 Å². The van der Waals surface area contributed by atoms with Gasteiger partial charge in [0.05, 0.1) is 5.75 Å². The fraction of sp³-hybridized carbons (Fsp3) is 0.500. The van der Waals surface area contributed by atoms with E-state index in [9.17, 15) is 8.42 Å². The van der Waals surface area contributed by atoms with E-state index in [2.05, 4.69) is 4.72 Å². The summed E-state index contributed by atoms with van der Waals surface area (Å²) in [6.45, 7) is 4.45. The second-order valence-electron chi connectivity index (χ2n) is 4.48. The van der Waals surface area contributed by atoms with Crippen molar-refractivity contribution in [3.63, 3.8) is 0 Å².